The Balaban J connectivity index is 2.18. The highest BCUT2D eigenvalue weighted by Crippen LogP contribution is 2.16. The van der Waals surface area contributed by atoms with Gasteiger partial charge in [0.15, 0.2) is 11.2 Å². The second-order valence-corrected chi connectivity index (χ2v) is 6.69. The maximum Gasteiger partial charge on any atom is 0.332 e. The standard InChI is InChI=1S/C18H22ClN5O3/c1-3-22-16-15(17(25)23(18(22)26)9-4-10-27-20)24(12(2)21-16)11-13-5-7-14(19)8-6-13/h5-8H,3-4,9-11,20H2,1-2H3. The number of rotatable bonds is 7. The molecule has 0 aliphatic heterocycles. The molecule has 2 heterocycles. The summed E-state index contributed by atoms with van der Waals surface area (Å²) in [6.45, 7) is 5.05. The minimum Gasteiger partial charge on any atom is -0.318 e. The van der Waals surface area contributed by atoms with Crippen LogP contribution in [0.3, 0.4) is 0 Å². The number of benzene rings is 1. The first-order valence-electron chi connectivity index (χ1n) is 8.74. The van der Waals surface area contributed by atoms with Crippen LogP contribution in [-0.4, -0.2) is 25.3 Å². The molecule has 0 fully saturated rings. The van der Waals surface area contributed by atoms with Gasteiger partial charge in [0.05, 0.1) is 6.61 Å². The third-order valence-corrected chi connectivity index (χ3v) is 4.77. The van der Waals surface area contributed by atoms with Gasteiger partial charge < -0.3 is 9.40 Å². The van der Waals surface area contributed by atoms with Crippen molar-refractivity contribution in [3.05, 3.63) is 61.5 Å². The Kier molecular flexibility index (Phi) is 5.79. The van der Waals surface area contributed by atoms with E-state index in [4.69, 9.17) is 17.5 Å². The molecule has 0 amide bonds. The summed E-state index contributed by atoms with van der Waals surface area (Å²) in [6, 6.07) is 7.41. The summed E-state index contributed by atoms with van der Waals surface area (Å²) < 4.78 is 4.58. The number of nitrogens with zero attached hydrogens (tertiary/aromatic N) is 4. The predicted molar refractivity (Wildman–Crippen MR) is 104 cm³/mol. The van der Waals surface area contributed by atoms with Gasteiger partial charge in [-0.2, -0.15) is 0 Å². The van der Waals surface area contributed by atoms with Crippen LogP contribution in [-0.2, 0) is 24.5 Å². The number of imidazole rings is 1. The molecule has 0 bridgehead atoms. The molecule has 0 saturated carbocycles. The van der Waals surface area contributed by atoms with E-state index in [-0.39, 0.29) is 24.4 Å². The summed E-state index contributed by atoms with van der Waals surface area (Å²) in [5.41, 5.74) is 1.08. The quantitative estimate of drug-likeness (QED) is 0.488. The van der Waals surface area contributed by atoms with Gasteiger partial charge in [-0.05, 0) is 38.0 Å². The number of aromatic nitrogens is 4. The fraction of sp³-hybridized carbons (Fsp3) is 0.389. The van der Waals surface area contributed by atoms with Crippen molar-refractivity contribution in [3.8, 4) is 0 Å². The third-order valence-electron chi connectivity index (χ3n) is 4.52. The van der Waals surface area contributed by atoms with E-state index >= 15 is 0 Å². The van der Waals surface area contributed by atoms with Crippen molar-refractivity contribution in [2.45, 2.75) is 39.9 Å². The largest absolute Gasteiger partial charge is 0.332 e. The number of aryl methyl sites for hydroxylation is 2. The first kappa shape index (κ1) is 19.3. The molecule has 9 heteroatoms. The van der Waals surface area contributed by atoms with Crippen molar-refractivity contribution in [1.82, 2.24) is 18.7 Å². The van der Waals surface area contributed by atoms with Crippen molar-refractivity contribution in [3.63, 3.8) is 0 Å². The van der Waals surface area contributed by atoms with Crippen LogP contribution in [0.25, 0.3) is 11.2 Å². The fourth-order valence-electron chi connectivity index (χ4n) is 3.15. The molecule has 27 heavy (non-hydrogen) atoms. The minimum absolute atomic E-state index is 0.232. The lowest BCUT2D eigenvalue weighted by Gasteiger charge is -2.11. The van der Waals surface area contributed by atoms with Gasteiger partial charge in [-0.25, -0.2) is 15.7 Å². The molecule has 3 aromatic rings. The van der Waals surface area contributed by atoms with Crippen LogP contribution in [0.4, 0.5) is 0 Å². The molecule has 144 valence electrons. The van der Waals surface area contributed by atoms with Gasteiger partial charge >= 0.3 is 5.69 Å². The molecule has 0 spiro atoms. The zero-order chi connectivity index (χ0) is 19.6. The monoisotopic (exact) mass is 391 g/mol. The Morgan fingerprint density at radius 2 is 1.85 bits per heavy atom. The van der Waals surface area contributed by atoms with E-state index in [0.717, 1.165) is 5.56 Å². The molecule has 8 nitrogen and oxygen atoms in total. The average molecular weight is 392 g/mol. The zero-order valence-electron chi connectivity index (χ0n) is 15.3. The lowest BCUT2D eigenvalue weighted by molar-refractivity contribution is 0.131. The maximum atomic E-state index is 13.1. The maximum absolute atomic E-state index is 13.1. The molecule has 0 aliphatic rings. The molecule has 0 saturated heterocycles. The SMILES string of the molecule is CCn1c(=O)n(CCCON)c(=O)c2c1nc(C)n2Cc1ccc(Cl)cc1. The van der Waals surface area contributed by atoms with Crippen LogP contribution in [0, 0.1) is 6.92 Å². The summed E-state index contributed by atoms with van der Waals surface area (Å²) in [5.74, 6) is 5.71. The molecular formula is C18H22ClN5O3. The van der Waals surface area contributed by atoms with E-state index < -0.39 is 0 Å². The van der Waals surface area contributed by atoms with Crippen LogP contribution in [0.2, 0.25) is 5.02 Å². The third kappa shape index (κ3) is 3.69. The summed E-state index contributed by atoms with van der Waals surface area (Å²) >= 11 is 5.95. The van der Waals surface area contributed by atoms with Crippen molar-refractivity contribution < 1.29 is 4.84 Å². The molecule has 2 N–H and O–H groups in total. The summed E-state index contributed by atoms with van der Waals surface area (Å²) in [6.07, 6.45) is 0.463. The summed E-state index contributed by atoms with van der Waals surface area (Å²) in [4.78, 5) is 34.9. The number of nitrogens with two attached hydrogens (primary N) is 1. The highest BCUT2D eigenvalue weighted by molar-refractivity contribution is 6.30. The Morgan fingerprint density at radius 1 is 1.15 bits per heavy atom. The molecule has 0 atom stereocenters. The molecule has 2 aromatic heterocycles. The number of fused-ring (bicyclic) bond motifs is 1. The highest BCUT2D eigenvalue weighted by atomic mass is 35.5. The van der Waals surface area contributed by atoms with E-state index in [1.807, 2.05) is 30.5 Å². The van der Waals surface area contributed by atoms with Gasteiger partial charge in [-0.1, -0.05) is 23.7 Å². The Bertz CT molecular complexity index is 1070. The van der Waals surface area contributed by atoms with Crippen molar-refractivity contribution in [2.75, 3.05) is 6.61 Å². The Labute approximate surface area is 160 Å². The van der Waals surface area contributed by atoms with E-state index in [9.17, 15) is 9.59 Å². The predicted octanol–water partition coefficient (Wildman–Crippen LogP) is 1.67. The number of hydrogen-bond acceptors (Lipinski definition) is 5. The minimum atomic E-state index is -0.372. The summed E-state index contributed by atoms with van der Waals surface area (Å²) in [5, 5.41) is 0.648. The Hall–Kier alpha value is -2.42. The van der Waals surface area contributed by atoms with Gasteiger partial charge in [0.25, 0.3) is 5.56 Å². The second kappa shape index (κ2) is 8.08. The zero-order valence-corrected chi connectivity index (χ0v) is 16.1. The first-order valence-corrected chi connectivity index (χ1v) is 9.12. The van der Waals surface area contributed by atoms with Gasteiger partial charge in [0.1, 0.15) is 5.82 Å². The molecule has 1 aromatic carbocycles. The lowest BCUT2D eigenvalue weighted by atomic mass is 10.2. The van der Waals surface area contributed by atoms with E-state index in [1.165, 1.54) is 9.13 Å². The van der Waals surface area contributed by atoms with Crippen molar-refractivity contribution in [2.24, 2.45) is 5.90 Å². The molecule has 0 unspecified atom stereocenters. The van der Waals surface area contributed by atoms with Crippen LogP contribution >= 0.6 is 11.6 Å². The second-order valence-electron chi connectivity index (χ2n) is 6.25. The lowest BCUT2D eigenvalue weighted by Crippen LogP contribution is -2.40. The van der Waals surface area contributed by atoms with Crippen LogP contribution < -0.4 is 17.1 Å². The molecular weight excluding hydrogens is 370 g/mol. The molecule has 0 radical (unpaired) electrons. The van der Waals surface area contributed by atoms with Gasteiger partial charge in [-0.15, -0.1) is 0 Å². The van der Waals surface area contributed by atoms with Crippen molar-refractivity contribution >= 4 is 22.8 Å². The van der Waals surface area contributed by atoms with Gasteiger partial charge in [-0.3, -0.25) is 13.9 Å². The van der Waals surface area contributed by atoms with Gasteiger partial charge in [0, 0.05) is 24.7 Å². The smallest absolute Gasteiger partial charge is 0.318 e. The topological polar surface area (TPSA) is 97.1 Å². The van der Waals surface area contributed by atoms with Crippen LogP contribution in [0.1, 0.15) is 24.7 Å². The van der Waals surface area contributed by atoms with Crippen molar-refractivity contribution in [1.29, 1.82) is 0 Å². The fourth-order valence-corrected chi connectivity index (χ4v) is 3.28. The first-order chi connectivity index (χ1) is 13.0. The summed E-state index contributed by atoms with van der Waals surface area (Å²) in [7, 11) is 0. The molecule has 0 aliphatic carbocycles. The average Bonchev–Trinajstić information content (AvgIpc) is 2.96. The molecule has 3 rings (SSSR count). The van der Waals surface area contributed by atoms with E-state index in [1.54, 1.807) is 12.1 Å². The van der Waals surface area contributed by atoms with E-state index in [0.29, 0.717) is 41.5 Å². The van der Waals surface area contributed by atoms with Crippen LogP contribution in [0.15, 0.2) is 33.9 Å². The normalized spacial score (nSPS) is 11.4. The van der Waals surface area contributed by atoms with E-state index in [2.05, 4.69) is 9.82 Å². The number of halogens is 1. The van der Waals surface area contributed by atoms with Crippen LogP contribution in [0.5, 0.6) is 0 Å². The number of hydrogen-bond donors (Lipinski definition) is 1. The van der Waals surface area contributed by atoms with Gasteiger partial charge in [0.2, 0.25) is 0 Å². The highest BCUT2D eigenvalue weighted by Gasteiger charge is 2.19. The Morgan fingerprint density at radius 3 is 2.48 bits per heavy atom.